The quantitative estimate of drug-likeness (QED) is 0.876. The normalized spacial score (nSPS) is 20.2. The van der Waals surface area contributed by atoms with Gasteiger partial charge in [-0.25, -0.2) is 4.98 Å². The first-order valence-electron chi connectivity index (χ1n) is 5.49. The second-order valence-electron chi connectivity index (χ2n) is 4.13. The lowest BCUT2D eigenvalue weighted by molar-refractivity contribution is -0.137. The Hall–Kier alpha value is -1.79. The van der Waals surface area contributed by atoms with Gasteiger partial charge in [0.25, 0.3) is 0 Å². The minimum absolute atomic E-state index is 0.216. The molecule has 1 aromatic rings. The van der Waals surface area contributed by atoms with Crippen molar-refractivity contribution in [3.05, 3.63) is 23.9 Å². The first kappa shape index (κ1) is 12.7. The minimum Gasteiger partial charge on any atom is -0.368 e. The number of carbonyl (C=O) groups excluding carboxylic acids is 1. The zero-order valence-electron chi connectivity index (χ0n) is 9.44. The summed E-state index contributed by atoms with van der Waals surface area (Å²) in [6, 6.07) is 1.47. The van der Waals surface area contributed by atoms with Crippen molar-refractivity contribution in [1.82, 2.24) is 4.98 Å². The summed E-state index contributed by atoms with van der Waals surface area (Å²) >= 11 is 0. The standard InChI is InChI=1S/C11H12F3N3O/c12-11(13,14)7-3-1-5-16-10(7)17-6-2-4-8(17)9(15)18/h1,3,5,8H,2,4,6H2,(H2,15,18)/t8-/m0/s1. The summed E-state index contributed by atoms with van der Waals surface area (Å²) in [5.41, 5.74) is 4.36. The highest BCUT2D eigenvalue weighted by Crippen LogP contribution is 2.37. The number of alkyl halides is 3. The van der Waals surface area contributed by atoms with Crippen LogP contribution in [0.15, 0.2) is 18.3 Å². The summed E-state index contributed by atoms with van der Waals surface area (Å²) < 4.78 is 38.5. The molecule has 2 N–H and O–H groups in total. The van der Waals surface area contributed by atoms with Crippen LogP contribution in [-0.4, -0.2) is 23.5 Å². The van der Waals surface area contributed by atoms with Crippen LogP contribution in [0.1, 0.15) is 18.4 Å². The van der Waals surface area contributed by atoms with Gasteiger partial charge in [0.2, 0.25) is 5.91 Å². The highest BCUT2D eigenvalue weighted by atomic mass is 19.4. The zero-order valence-corrected chi connectivity index (χ0v) is 9.44. The van der Waals surface area contributed by atoms with Gasteiger partial charge in [0, 0.05) is 12.7 Å². The van der Waals surface area contributed by atoms with Crippen LogP contribution in [0.25, 0.3) is 0 Å². The van der Waals surface area contributed by atoms with Crippen molar-refractivity contribution in [3.8, 4) is 0 Å². The molecule has 1 amide bonds. The number of hydrogen-bond donors (Lipinski definition) is 1. The van der Waals surface area contributed by atoms with Crippen LogP contribution in [0.5, 0.6) is 0 Å². The fourth-order valence-electron chi connectivity index (χ4n) is 2.16. The van der Waals surface area contributed by atoms with Gasteiger partial charge in [-0.15, -0.1) is 0 Å². The predicted octanol–water partition coefficient (Wildman–Crippen LogP) is 1.55. The van der Waals surface area contributed by atoms with Crippen molar-refractivity contribution in [2.45, 2.75) is 25.1 Å². The maximum absolute atomic E-state index is 12.8. The Bertz CT molecular complexity index is 461. The van der Waals surface area contributed by atoms with Crippen molar-refractivity contribution < 1.29 is 18.0 Å². The van der Waals surface area contributed by atoms with E-state index in [0.717, 1.165) is 6.07 Å². The number of hydrogen-bond acceptors (Lipinski definition) is 3. The Morgan fingerprint density at radius 2 is 2.22 bits per heavy atom. The molecule has 7 heteroatoms. The van der Waals surface area contributed by atoms with Gasteiger partial charge in [-0.3, -0.25) is 4.79 Å². The van der Waals surface area contributed by atoms with Gasteiger partial charge in [0.05, 0.1) is 5.56 Å². The highest BCUT2D eigenvalue weighted by Gasteiger charge is 2.39. The molecule has 98 valence electrons. The number of pyridine rings is 1. The molecule has 1 saturated heterocycles. The summed E-state index contributed by atoms with van der Waals surface area (Å²) in [7, 11) is 0. The van der Waals surface area contributed by atoms with Gasteiger partial charge in [-0.05, 0) is 25.0 Å². The van der Waals surface area contributed by atoms with E-state index in [2.05, 4.69) is 4.98 Å². The van der Waals surface area contributed by atoms with Crippen molar-refractivity contribution in [1.29, 1.82) is 0 Å². The largest absolute Gasteiger partial charge is 0.419 e. The Balaban J connectivity index is 2.42. The molecule has 1 aliphatic heterocycles. The SMILES string of the molecule is NC(=O)[C@@H]1CCCN1c1ncccc1C(F)(F)F. The number of anilines is 1. The number of carbonyl (C=O) groups is 1. The van der Waals surface area contributed by atoms with Crippen molar-refractivity contribution in [2.24, 2.45) is 5.73 Å². The molecule has 0 saturated carbocycles. The van der Waals surface area contributed by atoms with E-state index in [0.29, 0.717) is 19.4 Å². The number of amides is 1. The van der Waals surface area contributed by atoms with Crippen LogP contribution in [-0.2, 0) is 11.0 Å². The van der Waals surface area contributed by atoms with Crippen LogP contribution in [0.3, 0.4) is 0 Å². The Labute approximate surface area is 102 Å². The molecule has 1 aromatic heterocycles. The molecule has 0 aliphatic carbocycles. The van der Waals surface area contributed by atoms with Gasteiger partial charge in [0.1, 0.15) is 11.9 Å². The molecular weight excluding hydrogens is 247 g/mol. The zero-order chi connectivity index (χ0) is 13.3. The van der Waals surface area contributed by atoms with Gasteiger partial charge in [-0.2, -0.15) is 13.2 Å². The number of halogens is 3. The lowest BCUT2D eigenvalue weighted by Gasteiger charge is -2.25. The smallest absolute Gasteiger partial charge is 0.368 e. The van der Waals surface area contributed by atoms with Crippen LogP contribution in [0.2, 0.25) is 0 Å². The van der Waals surface area contributed by atoms with Gasteiger partial charge < -0.3 is 10.6 Å². The third-order valence-electron chi connectivity index (χ3n) is 2.95. The van der Waals surface area contributed by atoms with E-state index in [9.17, 15) is 18.0 Å². The predicted molar refractivity (Wildman–Crippen MR) is 58.8 cm³/mol. The van der Waals surface area contributed by atoms with E-state index in [1.807, 2.05) is 0 Å². The highest BCUT2D eigenvalue weighted by molar-refractivity contribution is 5.84. The molecule has 1 aliphatic rings. The van der Waals surface area contributed by atoms with Gasteiger partial charge in [-0.1, -0.05) is 0 Å². The van der Waals surface area contributed by atoms with E-state index < -0.39 is 23.7 Å². The van der Waals surface area contributed by atoms with Crippen LogP contribution in [0.4, 0.5) is 19.0 Å². The van der Waals surface area contributed by atoms with Crippen LogP contribution >= 0.6 is 0 Å². The fraction of sp³-hybridized carbons (Fsp3) is 0.455. The maximum atomic E-state index is 12.8. The summed E-state index contributed by atoms with van der Waals surface area (Å²) in [4.78, 5) is 16.3. The molecular formula is C11H12F3N3O. The van der Waals surface area contributed by atoms with Gasteiger partial charge in [0.15, 0.2) is 0 Å². The summed E-state index contributed by atoms with van der Waals surface area (Å²) in [5, 5.41) is 0. The summed E-state index contributed by atoms with van der Waals surface area (Å²) in [5.74, 6) is -0.836. The second kappa shape index (κ2) is 4.47. The van der Waals surface area contributed by atoms with E-state index in [-0.39, 0.29) is 5.82 Å². The number of nitrogens with two attached hydrogens (primary N) is 1. The van der Waals surface area contributed by atoms with E-state index in [4.69, 9.17) is 5.73 Å². The summed E-state index contributed by atoms with van der Waals surface area (Å²) in [6.45, 7) is 0.355. The minimum atomic E-state index is -4.49. The molecule has 2 heterocycles. The molecule has 0 radical (unpaired) electrons. The first-order chi connectivity index (χ1) is 8.41. The molecule has 2 rings (SSSR count). The third kappa shape index (κ3) is 2.25. The number of rotatable bonds is 2. The topological polar surface area (TPSA) is 59.2 Å². The molecule has 0 unspecified atom stereocenters. The Kier molecular flexibility index (Phi) is 3.14. The fourth-order valence-corrected chi connectivity index (χ4v) is 2.16. The average Bonchev–Trinajstić information content (AvgIpc) is 2.76. The Morgan fingerprint density at radius 3 is 2.83 bits per heavy atom. The number of primary amides is 1. The number of aromatic nitrogens is 1. The molecule has 18 heavy (non-hydrogen) atoms. The molecule has 1 atom stereocenters. The van der Waals surface area contributed by atoms with Crippen LogP contribution in [0, 0.1) is 0 Å². The lowest BCUT2D eigenvalue weighted by Crippen LogP contribution is -2.41. The lowest BCUT2D eigenvalue weighted by atomic mass is 10.2. The van der Waals surface area contributed by atoms with Crippen molar-refractivity contribution in [3.63, 3.8) is 0 Å². The van der Waals surface area contributed by atoms with E-state index in [1.165, 1.54) is 17.2 Å². The van der Waals surface area contributed by atoms with Crippen molar-refractivity contribution >= 4 is 11.7 Å². The molecule has 0 bridgehead atoms. The molecule has 4 nitrogen and oxygen atoms in total. The number of nitrogens with zero attached hydrogens (tertiary/aromatic N) is 2. The van der Waals surface area contributed by atoms with Gasteiger partial charge >= 0.3 is 6.18 Å². The molecule has 0 spiro atoms. The third-order valence-corrected chi connectivity index (χ3v) is 2.95. The molecule has 0 aromatic carbocycles. The molecule has 1 fully saturated rings. The monoisotopic (exact) mass is 259 g/mol. The Morgan fingerprint density at radius 1 is 1.50 bits per heavy atom. The van der Waals surface area contributed by atoms with Crippen LogP contribution < -0.4 is 10.6 Å². The van der Waals surface area contributed by atoms with E-state index in [1.54, 1.807) is 0 Å². The first-order valence-corrected chi connectivity index (χ1v) is 5.49. The maximum Gasteiger partial charge on any atom is 0.419 e. The second-order valence-corrected chi connectivity index (χ2v) is 4.13. The van der Waals surface area contributed by atoms with E-state index >= 15 is 0 Å². The summed E-state index contributed by atoms with van der Waals surface area (Å²) in [6.07, 6.45) is -2.12. The average molecular weight is 259 g/mol. The van der Waals surface area contributed by atoms with Crippen molar-refractivity contribution in [2.75, 3.05) is 11.4 Å².